The van der Waals surface area contributed by atoms with Crippen molar-refractivity contribution in [2.75, 3.05) is 13.2 Å². The van der Waals surface area contributed by atoms with Gasteiger partial charge >= 0.3 is 0 Å². The van der Waals surface area contributed by atoms with Gasteiger partial charge in [0, 0.05) is 12.6 Å². The van der Waals surface area contributed by atoms with E-state index in [1.54, 1.807) is 0 Å². The molecule has 2 aromatic carbocycles. The molecule has 0 aliphatic carbocycles. The lowest BCUT2D eigenvalue weighted by Gasteiger charge is -2.15. The van der Waals surface area contributed by atoms with Crippen LogP contribution in [-0.2, 0) is 0 Å². The molecule has 0 heterocycles. The van der Waals surface area contributed by atoms with E-state index in [1.165, 1.54) is 23.6 Å². The molecule has 1 atom stereocenters. The molecule has 1 unspecified atom stereocenters. The maximum atomic E-state index is 5.83. The molecule has 0 saturated carbocycles. The minimum Gasteiger partial charge on any atom is -0.492 e. The molecule has 2 nitrogen and oxygen atoms in total. The molecule has 0 fully saturated rings. The van der Waals surface area contributed by atoms with Gasteiger partial charge in [-0.05, 0) is 48.6 Å². The Bertz CT molecular complexity index is 550. The van der Waals surface area contributed by atoms with E-state index in [0.29, 0.717) is 12.6 Å². The molecule has 0 aliphatic rings. The highest BCUT2D eigenvalue weighted by atomic mass is 16.5. The maximum Gasteiger partial charge on any atom is 0.120 e. The fourth-order valence-corrected chi connectivity index (χ4v) is 2.42. The first-order chi connectivity index (χ1) is 10.1. The first kappa shape index (κ1) is 15.8. The smallest absolute Gasteiger partial charge is 0.120 e. The lowest BCUT2D eigenvalue weighted by molar-refractivity contribution is 0.303. The second kappa shape index (κ2) is 8.04. The quantitative estimate of drug-likeness (QED) is 0.714. The van der Waals surface area contributed by atoms with E-state index >= 15 is 0 Å². The predicted molar refractivity (Wildman–Crippen MR) is 91.0 cm³/mol. The van der Waals surface area contributed by atoms with Crippen LogP contribution in [0.5, 0.6) is 5.75 Å². The van der Waals surface area contributed by atoms with Crippen LogP contribution in [0.15, 0.2) is 42.5 Å². The van der Waals surface area contributed by atoms with Crippen molar-refractivity contribution in [3.63, 3.8) is 0 Å². The van der Waals surface area contributed by atoms with Crippen LogP contribution in [0.4, 0.5) is 0 Å². The average molecular weight is 285 g/mol. The third-order valence-electron chi connectivity index (χ3n) is 3.76. The van der Waals surface area contributed by atoms with Crippen molar-refractivity contribution in [1.29, 1.82) is 0 Å². The van der Waals surface area contributed by atoms with Gasteiger partial charge in [-0.25, -0.2) is 0 Å². The topological polar surface area (TPSA) is 21.3 Å². The maximum absolute atomic E-state index is 5.83. The molecule has 0 saturated heterocycles. The molecule has 2 heteroatoms. The zero-order chi connectivity index (χ0) is 15.1. The van der Waals surface area contributed by atoms with Crippen molar-refractivity contribution in [1.82, 2.24) is 5.32 Å². The molecule has 2 rings (SSSR count). The van der Waals surface area contributed by atoms with E-state index in [4.69, 9.17) is 4.74 Å². The first-order valence-electron chi connectivity index (χ1n) is 8.00. The molecule has 0 spiro atoms. The number of hydrogen-bond acceptors (Lipinski definition) is 2. The normalized spacial score (nSPS) is 12.8. The molecule has 2 aromatic rings. The summed E-state index contributed by atoms with van der Waals surface area (Å²) in [6.07, 6.45) is 2.51. The third kappa shape index (κ3) is 5.39. The molecule has 21 heavy (non-hydrogen) atoms. The Morgan fingerprint density at radius 2 is 1.71 bits per heavy atom. The summed E-state index contributed by atoms with van der Waals surface area (Å²) in [6.45, 7) is 8.40. The lowest BCUT2D eigenvalue weighted by atomic mass is 10.0. The van der Waals surface area contributed by atoms with Crippen LogP contribution in [0.2, 0.25) is 0 Å². The fraction of sp³-hybridized carbons (Fsp3) is 0.474. The number of fused-ring (bicyclic) bond motifs is 1. The standard InChI is InChI=1S/C19H27NO/c1-15(2)8-9-16(3)20-12-13-21-19-11-10-17-6-4-5-7-18(17)14-19/h4-7,10-11,14-16,20H,8-9,12-13H2,1-3H3. The average Bonchev–Trinajstić information content (AvgIpc) is 2.49. The Morgan fingerprint density at radius 3 is 2.48 bits per heavy atom. The molecule has 114 valence electrons. The van der Waals surface area contributed by atoms with E-state index in [2.05, 4.69) is 62.5 Å². The van der Waals surface area contributed by atoms with E-state index in [9.17, 15) is 0 Å². The fourth-order valence-electron chi connectivity index (χ4n) is 2.42. The molecule has 0 amide bonds. The van der Waals surface area contributed by atoms with E-state index in [-0.39, 0.29) is 0 Å². The molecule has 0 bridgehead atoms. The second-order valence-electron chi connectivity index (χ2n) is 6.18. The number of benzene rings is 2. The zero-order valence-corrected chi connectivity index (χ0v) is 13.4. The minimum absolute atomic E-state index is 0.563. The Kier molecular flexibility index (Phi) is 6.06. The van der Waals surface area contributed by atoms with Gasteiger partial charge in [-0.15, -0.1) is 0 Å². The second-order valence-corrected chi connectivity index (χ2v) is 6.18. The first-order valence-corrected chi connectivity index (χ1v) is 8.00. The van der Waals surface area contributed by atoms with Gasteiger partial charge in [-0.2, -0.15) is 0 Å². The van der Waals surface area contributed by atoms with Crippen LogP contribution in [0, 0.1) is 5.92 Å². The van der Waals surface area contributed by atoms with Crippen molar-refractivity contribution in [2.45, 2.75) is 39.7 Å². The minimum atomic E-state index is 0.563. The summed E-state index contributed by atoms with van der Waals surface area (Å²) in [5.74, 6) is 1.73. The molecule has 0 radical (unpaired) electrons. The largest absolute Gasteiger partial charge is 0.492 e. The van der Waals surface area contributed by atoms with E-state index < -0.39 is 0 Å². The Hall–Kier alpha value is -1.54. The number of ether oxygens (including phenoxy) is 1. The summed E-state index contributed by atoms with van der Waals surface area (Å²) in [7, 11) is 0. The van der Waals surface area contributed by atoms with Gasteiger partial charge in [0.1, 0.15) is 12.4 Å². The van der Waals surface area contributed by atoms with Crippen LogP contribution in [-0.4, -0.2) is 19.2 Å². The molecule has 1 N–H and O–H groups in total. The Balaban J connectivity index is 1.72. The third-order valence-corrected chi connectivity index (χ3v) is 3.76. The van der Waals surface area contributed by atoms with E-state index in [0.717, 1.165) is 18.2 Å². The van der Waals surface area contributed by atoms with Crippen LogP contribution < -0.4 is 10.1 Å². The van der Waals surface area contributed by atoms with Crippen LogP contribution in [0.1, 0.15) is 33.6 Å². The van der Waals surface area contributed by atoms with Gasteiger partial charge in [0.05, 0.1) is 0 Å². The van der Waals surface area contributed by atoms with Gasteiger partial charge in [-0.3, -0.25) is 0 Å². The monoisotopic (exact) mass is 285 g/mol. The van der Waals surface area contributed by atoms with Gasteiger partial charge in [-0.1, -0.05) is 44.2 Å². The summed E-state index contributed by atoms with van der Waals surface area (Å²) in [6, 6.07) is 15.2. The molecule has 0 aliphatic heterocycles. The molecular weight excluding hydrogens is 258 g/mol. The van der Waals surface area contributed by atoms with Crippen LogP contribution >= 0.6 is 0 Å². The predicted octanol–water partition coefficient (Wildman–Crippen LogP) is 4.63. The lowest BCUT2D eigenvalue weighted by Crippen LogP contribution is -2.30. The zero-order valence-electron chi connectivity index (χ0n) is 13.4. The van der Waals surface area contributed by atoms with Crippen LogP contribution in [0.3, 0.4) is 0 Å². The number of rotatable bonds is 8. The van der Waals surface area contributed by atoms with Crippen molar-refractivity contribution in [3.05, 3.63) is 42.5 Å². The van der Waals surface area contributed by atoms with Crippen LogP contribution in [0.25, 0.3) is 10.8 Å². The summed E-state index contributed by atoms with van der Waals surface area (Å²) in [5, 5.41) is 6.01. The SMILES string of the molecule is CC(C)CCC(C)NCCOc1ccc2ccccc2c1. The summed E-state index contributed by atoms with van der Waals surface area (Å²) in [4.78, 5) is 0. The van der Waals surface area contributed by atoms with Gasteiger partial charge in [0.2, 0.25) is 0 Å². The summed E-state index contributed by atoms with van der Waals surface area (Å²) >= 11 is 0. The van der Waals surface area contributed by atoms with Crippen molar-refractivity contribution in [3.8, 4) is 5.75 Å². The Morgan fingerprint density at radius 1 is 0.952 bits per heavy atom. The van der Waals surface area contributed by atoms with Crippen molar-refractivity contribution in [2.24, 2.45) is 5.92 Å². The van der Waals surface area contributed by atoms with Gasteiger partial charge < -0.3 is 10.1 Å². The molecular formula is C19H27NO. The Labute approximate surface area is 128 Å². The van der Waals surface area contributed by atoms with Gasteiger partial charge in [0.15, 0.2) is 0 Å². The highest BCUT2D eigenvalue weighted by Gasteiger charge is 2.03. The number of nitrogens with one attached hydrogen (secondary N) is 1. The van der Waals surface area contributed by atoms with Gasteiger partial charge in [0.25, 0.3) is 0 Å². The van der Waals surface area contributed by atoms with Crippen molar-refractivity contribution >= 4 is 10.8 Å². The number of hydrogen-bond donors (Lipinski definition) is 1. The summed E-state index contributed by atoms with van der Waals surface area (Å²) in [5.41, 5.74) is 0. The highest BCUT2D eigenvalue weighted by molar-refractivity contribution is 5.83. The molecule has 0 aromatic heterocycles. The van der Waals surface area contributed by atoms with E-state index in [1.807, 2.05) is 6.07 Å². The summed E-state index contributed by atoms with van der Waals surface area (Å²) < 4.78 is 5.83. The highest BCUT2D eigenvalue weighted by Crippen LogP contribution is 2.20. The van der Waals surface area contributed by atoms with Crippen molar-refractivity contribution < 1.29 is 4.74 Å².